The lowest BCUT2D eigenvalue weighted by atomic mass is 10.0. The van der Waals surface area contributed by atoms with Crippen LogP contribution >= 0.6 is 11.6 Å². The summed E-state index contributed by atoms with van der Waals surface area (Å²) in [4.78, 5) is 9.42. The fourth-order valence-corrected chi connectivity index (χ4v) is 2.67. The van der Waals surface area contributed by atoms with Gasteiger partial charge in [-0.3, -0.25) is 0 Å². The third kappa shape index (κ3) is 4.00. The van der Waals surface area contributed by atoms with E-state index in [2.05, 4.69) is 10.1 Å². The van der Waals surface area contributed by atoms with E-state index in [1.807, 2.05) is 60.3 Å². The standard InChI is InChI=1S/C19H18ClN3O2/c1-23-11-10-21-19(23)18(22-24-2)17-9-4-3-6-14(17)13-25-16-8-5-7-15(20)12-16/h3-12H,13H2,1-2H3/b22-18-. The first-order valence-electron chi connectivity index (χ1n) is 7.74. The van der Waals surface area contributed by atoms with Gasteiger partial charge in [0.05, 0.1) is 0 Å². The monoisotopic (exact) mass is 355 g/mol. The van der Waals surface area contributed by atoms with Gasteiger partial charge in [-0.1, -0.05) is 47.1 Å². The first-order chi connectivity index (χ1) is 12.2. The summed E-state index contributed by atoms with van der Waals surface area (Å²) in [6.45, 7) is 0.379. The normalized spacial score (nSPS) is 11.4. The maximum absolute atomic E-state index is 6.01. The number of benzene rings is 2. The molecule has 0 aliphatic rings. The van der Waals surface area contributed by atoms with E-state index in [1.54, 1.807) is 12.3 Å². The lowest BCUT2D eigenvalue weighted by Crippen LogP contribution is -2.14. The second kappa shape index (κ2) is 7.85. The highest BCUT2D eigenvalue weighted by atomic mass is 35.5. The summed E-state index contributed by atoms with van der Waals surface area (Å²) in [5, 5.41) is 4.82. The van der Waals surface area contributed by atoms with Crippen molar-refractivity contribution in [1.82, 2.24) is 9.55 Å². The lowest BCUT2D eigenvalue weighted by molar-refractivity contribution is 0.213. The van der Waals surface area contributed by atoms with E-state index >= 15 is 0 Å². The van der Waals surface area contributed by atoms with Crippen LogP contribution in [0.5, 0.6) is 5.75 Å². The Bertz CT molecular complexity index is 890. The number of ether oxygens (including phenoxy) is 1. The number of hydrogen-bond donors (Lipinski definition) is 0. The van der Waals surface area contributed by atoms with Crippen LogP contribution in [0, 0.1) is 0 Å². The fourth-order valence-electron chi connectivity index (χ4n) is 2.49. The van der Waals surface area contributed by atoms with Gasteiger partial charge in [0.2, 0.25) is 0 Å². The van der Waals surface area contributed by atoms with E-state index in [9.17, 15) is 0 Å². The molecule has 0 radical (unpaired) electrons. The van der Waals surface area contributed by atoms with E-state index in [0.717, 1.165) is 17.0 Å². The van der Waals surface area contributed by atoms with Crippen LogP contribution in [0.25, 0.3) is 0 Å². The summed E-state index contributed by atoms with van der Waals surface area (Å²) in [6.07, 6.45) is 3.59. The van der Waals surface area contributed by atoms with Gasteiger partial charge in [0.1, 0.15) is 19.5 Å². The van der Waals surface area contributed by atoms with Gasteiger partial charge in [0, 0.05) is 30.0 Å². The van der Waals surface area contributed by atoms with Crippen LogP contribution in [-0.2, 0) is 18.5 Å². The average Bonchev–Trinajstić information content (AvgIpc) is 3.04. The number of hydrogen-bond acceptors (Lipinski definition) is 4. The van der Waals surface area contributed by atoms with Gasteiger partial charge >= 0.3 is 0 Å². The van der Waals surface area contributed by atoms with Gasteiger partial charge < -0.3 is 14.1 Å². The molecule has 1 heterocycles. The SMILES string of the molecule is CO/N=C(/c1ccccc1COc1cccc(Cl)c1)c1nccn1C. The topological polar surface area (TPSA) is 48.6 Å². The van der Waals surface area contributed by atoms with Crippen LogP contribution in [0.4, 0.5) is 0 Å². The highest BCUT2D eigenvalue weighted by Gasteiger charge is 2.16. The Morgan fingerprint density at radius 1 is 1.20 bits per heavy atom. The second-order valence-electron chi connectivity index (χ2n) is 5.39. The molecule has 0 bridgehead atoms. The van der Waals surface area contributed by atoms with Gasteiger partial charge in [0.15, 0.2) is 11.5 Å². The molecule has 0 atom stereocenters. The van der Waals surface area contributed by atoms with Gasteiger partial charge in [-0.15, -0.1) is 0 Å². The molecular weight excluding hydrogens is 338 g/mol. The summed E-state index contributed by atoms with van der Waals surface area (Å²) < 4.78 is 7.78. The maximum Gasteiger partial charge on any atom is 0.162 e. The Hall–Kier alpha value is -2.79. The van der Waals surface area contributed by atoms with Crippen LogP contribution in [0.1, 0.15) is 17.0 Å². The van der Waals surface area contributed by atoms with Crippen molar-refractivity contribution in [1.29, 1.82) is 0 Å². The Kier molecular flexibility index (Phi) is 5.36. The van der Waals surface area contributed by atoms with Crippen molar-refractivity contribution in [2.45, 2.75) is 6.61 Å². The minimum Gasteiger partial charge on any atom is -0.489 e. The minimum absolute atomic E-state index is 0.379. The quantitative estimate of drug-likeness (QED) is 0.495. The molecule has 0 spiro atoms. The predicted molar refractivity (Wildman–Crippen MR) is 98.1 cm³/mol. The summed E-state index contributed by atoms with van der Waals surface area (Å²) in [5.74, 6) is 1.43. The summed E-state index contributed by atoms with van der Waals surface area (Å²) in [7, 11) is 3.44. The van der Waals surface area contributed by atoms with E-state index in [1.165, 1.54) is 7.11 Å². The Morgan fingerprint density at radius 2 is 2.04 bits per heavy atom. The number of rotatable bonds is 6. The molecule has 0 aliphatic heterocycles. The Balaban J connectivity index is 1.92. The van der Waals surface area contributed by atoms with Crippen LogP contribution in [0.2, 0.25) is 5.02 Å². The van der Waals surface area contributed by atoms with E-state index in [4.69, 9.17) is 21.2 Å². The molecular formula is C19H18ClN3O2. The number of halogens is 1. The molecule has 2 aromatic carbocycles. The first-order valence-corrected chi connectivity index (χ1v) is 8.12. The highest BCUT2D eigenvalue weighted by Crippen LogP contribution is 2.21. The van der Waals surface area contributed by atoms with Crippen molar-refractivity contribution in [3.63, 3.8) is 0 Å². The molecule has 6 heteroatoms. The van der Waals surface area contributed by atoms with Gasteiger partial charge in [-0.05, 0) is 23.8 Å². The molecule has 0 saturated heterocycles. The summed E-state index contributed by atoms with van der Waals surface area (Å²) >= 11 is 6.01. The third-order valence-electron chi connectivity index (χ3n) is 3.68. The first kappa shape index (κ1) is 17.0. The lowest BCUT2D eigenvalue weighted by Gasteiger charge is -2.13. The van der Waals surface area contributed by atoms with Crippen molar-refractivity contribution in [3.05, 3.63) is 82.9 Å². The van der Waals surface area contributed by atoms with Gasteiger partial charge in [0.25, 0.3) is 0 Å². The van der Waals surface area contributed by atoms with Crippen molar-refractivity contribution >= 4 is 17.3 Å². The number of aryl methyl sites for hydroxylation is 1. The predicted octanol–water partition coefficient (Wildman–Crippen LogP) is 4.05. The summed E-state index contributed by atoms with van der Waals surface area (Å²) in [5.41, 5.74) is 2.53. The number of aromatic nitrogens is 2. The average molecular weight is 356 g/mol. The molecule has 0 N–H and O–H groups in total. The molecule has 25 heavy (non-hydrogen) atoms. The molecule has 3 rings (SSSR count). The number of nitrogens with zero attached hydrogens (tertiary/aromatic N) is 3. The van der Waals surface area contributed by atoms with Crippen LogP contribution in [0.3, 0.4) is 0 Å². The zero-order chi connectivity index (χ0) is 17.6. The minimum atomic E-state index is 0.379. The van der Waals surface area contributed by atoms with E-state index in [0.29, 0.717) is 23.1 Å². The van der Waals surface area contributed by atoms with E-state index < -0.39 is 0 Å². The molecule has 0 aliphatic carbocycles. The number of imidazole rings is 1. The second-order valence-corrected chi connectivity index (χ2v) is 5.82. The molecule has 3 aromatic rings. The molecule has 5 nitrogen and oxygen atoms in total. The maximum atomic E-state index is 6.01. The number of oxime groups is 1. The van der Waals surface area contributed by atoms with Gasteiger partial charge in [-0.2, -0.15) is 0 Å². The Labute approximate surface area is 151 Å². The zero-order valence-corrected chi connectivity index (χ0v) is 14.8. The van der Waals surface area contributed by atoms with E-state index in [-0.39, 0.29) is 0 Å². The van der Waals surface area contributed by atoms with Crippen LogP contribution in [-0.4, -0.2) is 22.4 Å². The third-order valence-corrected chi connectivity index (χ3v) is 3.91. The van der Waals surface area contributed by atoms with Crippen molar-refractivity contribution in [3.8, 4) is 5.75 Å². The Morgan fingerprint density at radius 3 is 2.76 bits per heavy atom. The summed E-state index contributed by atoms with van der Waals surface area (Å²) in [6, 6.07) is 15.2. The van der Waals surface area contributed by atoms with Gasteiger partial charge in [-0.25, -0.2) is 4.98 Å². The van der Waals surface area contributed by atoms with Crippen molar-refractivity contribution in [2.75, 3.05) is 7.11 Å². The van der Waals surface area contributed by atoms with Crippen molar-refractivity contribution in [2.24, 2.45) is 12.2 Å². The van der Waals surface area contributed by atoms with Crippen LogP contribution in [0.15, 0.2) is 66.1 Å². The molecule has 0 fully saturated rings. The zero-order valence-electron chi connectivity index (χ0n) is 14.0. The molecule has 1 aromatic heterocycles. The molecule has 0 amide bonds. The van der Waals surface area contributed by atoms with Crippen LogP contribution < -0.4 is 4.74 Å². The highest BCUT2D eigenvalue weighted by molar-refractivity contribution is 6.30. The smallest absolute Gasteiger partial charge is 0.162 e. The molecule has 128 valence electrons. The molecule has 0 saturated carbocycles. The largest absolute Gasteiger partial charge is 0.489 e. The fraction of sp³-hybridized carbons (Fsp3) is 0.158. The molecule has 0 unspecified atom stereocenters. The van der Waals surface area contributed by atoms with Crippen molar-refractivity contribution < 1.29 is 9.57 Å².